The maximum atomic E-state index is 12.7. The van der Waals surface area contributed by atoms with Gasteiger partial charge in [0.2, 0.25) is 0 Å². The first-order chi connectivity index (χ1) is 9.35. The first-order valence-corrected chi connectivity index (χ1v) is 6.93. The predicted octanol–water partition coefficient (Wildman–Crippen LogP) is 1.45. The summed E-state index contributed by atoms with van der Waals surface area (Å²) in [5.74, 6) is 5.56. The molecule has 1 aliphatic heterocycles. The van der Waals surface area contributed by atoms with Gasteiger partial charge in [-0.1, -0.05) is 11.6 Å². The molecule has 1 amide bonds. The van der Waals surface area contributed by atoms with Crippen molar-refractivity contribution in [3.63, 3.8) is 0 Å². The fourth-order valence-electron chi connectivity index (χ4n) is 2.54. The number of hydrogen-bond acceptors (Lipinski definition) is 4. The Labute approximate surface area is 120 Å². The van der Waals surface area contributed by atoms with Crippen LogP contribution in [0.4, 0.5) is 5.69 Å². The summed E-state index contributed by atoms with van der Waals surface area (Å²) in [5.41, 5.74) is 4.99. The third kappa shape index (κ3) is 2.78. The summed E-state index contributed by atoms with van der Waals surface area (Å²) in [6.07, 6.45) is 0. The molecule has 3 N–H and O–H groups in total. The van der Waals surface area contributed by atoms with Crippen LogP contribution in [0.5, 0.6) is 0 Å². The molecule has 5 nitrogen and oxygen atoms in total. The normalized spacial score (nSPS) is 18.9. The van der Waals surface area contributed by atoms with E-state index in [0.717, 1.165) is 25.2 Å². The molecular weight excluding hydrogens is 252 g/mol. The van der Waals surface area contributed by atoms with Gasteiger partial charge in [-0.3, -0.25) is 15.5 Å². The van der Waals surface area contributed by atoms with Crippen molar-refractivity contribution in [3.8, 4) is 0 Å². The van der Waals surface area contributed by atoms with Crippen molar-refractivity contribution in [2.45, 2.75) is 26.3 Å². The number of likely N-dealkylation sites (N-methyl/N-ethyl adjacent to an activating group) is 1. The Kier molecular flexibility index (Phi) is 4.01. The number of nitrogens with zero attached hydrogens (tertiary/aromatic N) is 2. The third-order valence-corrected chi connectivity index (χ3v) is 4.16. The lowest BCUT2D eigenvalue weighted by Crippen LogP contribution is -2.58. The van der Waals surface area contributed by atoms with Gasteiger partial charge in [0.15, 0.2) is 0 Å². The van der Waals surface area contributed by atoms with Crippen molar-refractivity contribution >= 4 is 11.6 Å². The zero-order valence-electron chi connectivity index (χ0n) is 12.7. The van der Waals surface area contributed by atoms with Crippen molar-refractivity contribution in [2.75, 3.05) is 32.1 Å². The summed E-state index contributed by atoms with van der Waals surface area (Å²) >= 11 is 0. The Morgan fingerprint density at radius 3 is 2.65 bits per heavy atom. The second-order valence-electron chi connectivity index (χ2n) is 6.15. The molecule has 1 fully saturated rings. The van der Waals surface area contributed by atoms with Gasteiger partial charge in [-0.2, -0.15) is 0 Å². The number of nitrogens with one attached hydrogen (secondary N) is 1. The van der Waals surface area contributed by atoms with Crippen LogP contribution >= 0.6 is 0 Å². The Morgan fingerprint density at radius 2 is 2.05 bits per heavy atom. The highest BCUT2D eigenvalue weighted by Gasteiger charge is 2.34. The number of carbonyl (C=O) groups is 1. The quantitative estimate of drug-likeness (QED) is 0.634. The number of amides is 1. The average Bonchev–Trinajstić information content (AvgIpc) is 2.41. The lowest BCUT2D eigenvalue weighted by atomic mass is 9.98. The monoisotopic (exact) mass is 276 g/mol. The largest absolute Gasteiger partial charge is 0.335 e. The van der Waals surface area contributed by atoms with Gasteiger partial charge >= 0.3 is 0 Å². The molecule has 5 heteroatoms. The molecule has 2 rings (SSSR count). The number of nitrogens with two attached hydrogens (primary N) is 1. The number of anilines is 1. The maximum Gasteiger partial charge on any atom is 0.256 e. The Hall–Kier alpha value is -1.59. The van der Waals surface area contributed by atoms with Gasteiger partial charge in [-0.15, -0.1) is 0 Å². The number of piperazine rings is 1. The van der Waals surface area contributed by atoms with Crippen molar-refractivity contribution in [2.24, 2.45) is 5.84 Å². The Morgan fingerprint density at radius 1 is 1.35 bits per heavy atom. The summed E-state index contributed by atoms with van der Waals surface area (Å²) in [5, 5.41) is 0. The fraction of sp³-hybridized carbons (Fsp3) is 0.533. The highest BCUT2D eigenvalue weighted by Crippen LogP contribution is 2.23. The van der Waals surface area contributed by atoms with E-state index < -0.39 is 0 Å². The minimum atomic E-state index is -0.00591. The van der Waals surface area contributed by atoms with Crippen LogP contribution in [0.25, 0.3) is 0 Å². The minimum Gasteiger partial charge on any atom is -0.335 e. The van der Waals surface area contributed by atoms with Crippen LogP contribution in [0.1, 0.15) is 29.8 Å². The van der Waals surface area contributed by atoms with Crippen molar-refractivity contribution in [1.29, 1.82) is 0 Å². The van der Waals surface area contributed by atoms with Gasteiger partial charge in [-0.25, -0.2) is 0 Å². The molecule has 0 aliphatic carbocycles. The molecular formula is C15H24N4O. The molecule has 0 unspecified atom stereocenters. The topological polar surface area (TPSA) is 61.6 Å². The van der Waals surface area contributed by atoms with Crippen LogP contribution in [0.3, 0.4) is 0 Å². The highest BCUT2D eigenvalue weighted by molar-refractivity contribution is 5.99. The Bertz CT molecular complexity index is 513. The number of hydrazine groups is 1. The molecule has 1 heterocycles. The lowest BCUT2D eigenvalue weighted by Gasteiger charge is -2.45. The van der Waals surface area contributed by atoms with Gasteiger partial charge in [0.25, 0.3) is 5.91 Å². The van der Waals surface area contributed by atoms with E-state index in [1.54, 1.807) is 0 Å². The van der Waals surface area contributed by atoms with Crippen molar-refractivity contribution in [3.05, 3.63) is 29.3 Å². The van der Waals surface area contributed by atoms with Crippen LogP contribution in [0.2, 0.25) is 0 Å². The molecule has 1 saturated heterocycles. The van der Waals surface area contributed by atoms with Crippen LogP contribution in [0.15, 0.2) is 18.2 Å². The number of hydrogen-bond donors (Lipinski definition) is 2. The lowest BCUT2D eigenvalue weighted by molar-refractivity contribution is 0.0312. The van der Waals surface area contributed by atoms with E-state index in [4.69, 9.17) is 5.84 Å². The summed E-state index contributed by atoms with van der Waals surface area (Å²) in [6.45, 7) is 8.65. The third-order valence-electron chi connectivity index (χ3n) is 4.16. The summed E-state index contributed by atoms with van der Waals surface area (Å²) in [6, 6.07) is 5.69. The summed E-state index contributed by atoms with van der Waals surface area (Å²) < 4.78 is 0. The molecule has 0 aromatic heterocycles. The molecule has 20 heavy (non-hydrogen) atoms. The number of benzene rings is 1. The zero-order chi connectivity index (χ0) is 14.9. The molecule has 1 aliphatic rings. The van der Waals surface area contributed by atoms with Crippen LogP contribution in [-0.2, 0) is 0 Å². The van der Waals surface area contributed by atoms with E-state index in [2.05, 4.69) is 31.2 Å². The molecule has 0 radical (unpaired) electrons. The molecule has 110 valence electrons. The number of carbonyl (C=O) groups excluding carboxylic acids is 1. The highest BCUT2D eigenvalue weighted by atomic mass is 16.2. The fourth-order valence-corrected chi connectivity index (χ4v) is 2.54. The van der Waals surface area contributed by atoms with Crippen molar-refractivity contribution < 1.29 is 4.79 Å². The first-order valence-electron chi connectivity index (χ1n) is 6.93. The maximum absolute atomic E-state index is 12.7. The molecule has 0 bridgehead atoms. The number of rotatable bonds is 2. The zero-order valence-corrected chi connectivity index (χ0v) is 12.7. The average molecular weight is 276 g/mol. The van der Waals surface area contributed by atoms with Crippen LogP contribution in [0, 0.1) is 6.92 Å². The van der Waals surface area contributed by atoms with Crippen molar-refractivity contribution in [1.82, 2.24) is 9.80 Å². The van der Waals surface area contributed by atoms with Gasteiger partial charge < -0.3 is 10.3 Å². The van der Waals surface area contributed by atoms with Gasteiger partial charge in [0.1, 0.15) is 0 Å². The van der Waals surface area contributed by atoms with Crippen LogP contribution in [-0.4, -0.2) is 47.9 Å². The van der Waals surface area contributed by atoms with Gasteiger partial charge in [0, 0.05) is 25.2 Å². The molecule has 1 aromatic rings. The van der Waals surface area contributed by atoms with Gasteiger partial charge in [0.05, 0.1) is 11.3 Å². The molecule has 0 spiro atoms. The molecule has 1 aromatic carbocycles. The first kappa shape index (κ1) is 14.8. The molecule has 0 atom stereocenters. The standard InChI is InChI=1S/C15H24N4O/c1-11-5-6-13(17-16)12(9-11)14(20)19-8-7-18(4)15(2,3)10-19/h5-6,9,17H,7-8,10,16H2,1-4H3. The second kappa shape index (κ2) is 5.42. The number of aryl methyl sites for hydroxylation is 1. The molecule has 0 saturated carbocycles. The summed E-state index contributed by atoms with van der Waals surface area (Å²) in [7, 11) is 2.10. The minimum absolute atomic E-state index is 0.00591. The predicted molar refractivity (Wildman–Crippen MR) is 81.6 cm³/mol. The Balaban J connectivity index is 2.26. The van der Waals surface area contributed by atoms with E-state index >= 15 is 0 Å². The van der Waals surface area contributed by atoms with E-state index in [0.29, 0.717) is 11.3 Å². The van der Waals surface area contributed by atoms with Crippen LogP contribution < -0.4 is 11.3 Å². The van der Waals surface area contributed by atoms with E-state index in [9.17, 15) is 4.79 Å². The number of nitrogen functional groups attached to an aromatic ring is 1. The van der Waals surface area contributed by atoms with E-state index in [-0.39, 0.29) is 11.4 Å². The van der Waals surface area contributed by atoms with E-state index in [1.807, 2.05) is 30.0 Å². The van der Waals surface area contributed by atoms with E-state index in [1.165, 1.54) is 0 Å². The van der Waals surface area contributed by atoms with Gasteiger partial charge in [-0.05, 0) is 40.0 Å². The summed E-state index contributed by atoms with van der Waals surface area (Å²) in [4.78, 5) is 16.9. The second-order valence-corrected chi connectivity index (χ2v) is 6.15. The smallest absolute Gasteiger partial charge is 0.256 e. The SMILES string of the molecule is Cc1ccc(NN)c(C(=O)N2CCN(C)C(C)(C)C2)c1.